The van der Waals surface area contributed by atoms with Crippen LogP contribution in [0.4, 0.5) is 0 Å². The highest BCUT2D eigenvalue weighted by atomic mass is 16.5. The minimum Gasteiger partial charge on any atom is -0.497 e. The van der Waals surface area contributed by atoms with Crippen molar-refractivity contribution in [2.24, 2.45) is 0 Å². The second-order valence-corrected chi connectivity index (χ2v) is 7.11. The van der Waals surface area contributed by atoms with Crippen molar-refractivity contribution in [2.75, 3.05) is 53.4 Å². The maximum absolute atomic E-state index is 5.27. The zero-order valence-electron chi connectivity index (χ0n) is 15.9. The predicted molar refractivity (Wildman–Crippen MR) is 102 cm³/mol. The lowest BCUT2D eigenvalue weighted by atomic mass is 9.99. The van der Waals surface area contributed by atoms with Crippen LogP contribution < -0.4 is 0 Å². The predicted octanol–water partition coefficient (Wildman–Crippen LogP) is 3.10. The summed E-state index contributed by atoms with van der Waals surface area (Å²) in [5.74, 6) is 0.712. The third-order valence-corrected chi connectivity index (χ3v) is 5.33. The van der Waals surface area contributed by atoms with E-state index in [1.807, 2.05) is 0 Å². The SMILES string of the molecule is C=C(/C=C(\C(=C)CCC)N1CCC(N2CCN(C)CC2)CC1)OC. The fourth-order valence-corrected chi connectivity index (χ4v) is 3.72. The molecule has 0 aromatic rings. The molecule has 2 saturated heterocycles. The number of methoxy groups -OCH3 is 1. The Labute approximate surface area is 148 Å². The number of ether oxygens (including phenoxy) is 1. The maximum atomic E-state index is 5.27. The van der Waals surface area contributed by atoms with E-state index in [4.69, 9.17) is 4.74 Å². The average molecular weight is 334 g/mol. The number of likely N-dealkylation sites (tertiary alicyclic amines) is 1. The lowest BCUT2D eigenvalue weighted by Gasteiger charge is -2.43. The Hall–Kier alpha value is -1.26. The molecule has 0 radical (unpaired) electrons. The van der Waals surface area contributed by atoms with Crippen LogP contribution in [0, 0.1) is 0 Å². The summed E-state index contributed by atoms with van der Waals surface area (Å²) in [5.41, 5.74) is 2.43. The van der Waals surface area contributed by atoms with Gasteiger partial charge in [-0.1, -0.05) is 26.5 Å². The summed E-state index contributed by atoms with van der Waals surface area (Å²) in [7, 11) is 3.90. The number of piperidine rings is 1. The molecule has 24 heavy (non-hydrogen) atoms. The van der Waals surface area contributed by atoms with Crippen LogP contribution >= 0.6 is 0 Å². The van der Waals surface area contributed by atoms with Crippen molar-refractivity contribution < 1.29 is 4.74 Å². The van der Waals surface area contributed by atoms with E-state index in [1.165, 1.54) is 50.3 Å². The Bertz CT molecular complexity index is 456. The zero-order valence-corrected chi connectivity index (χ0v) is 15.9. The third kappa shape index (κ3) is 5.12. The molecule has 2 rings (SSSR count). The molecule has 0 N–H and O–H groups in total. The number of rotatable bonds is 7. The van der Waals surface area contributed by atoms with E-state index in [2.05, 4.69) is 47.9 Å². The highest BCUT2D eigenvalue weighted by molar-refractivity contribution is 5.32. The molecule has 0 unspecified atom stereocenters. The molecule has 136 valence electrons. The first kappa shape index (κ1) is 19.1. The van der Waals surface area contributed by atoms with Crippen LogP contribution in [0.25, 0.3) is 0 Å². The second-order valence-electron chi connectivity index (χ2n) is 7.11. The molecule has 4 heteroatoms. The Balaban J connectivity index is 1.95. The van der Waals surface area contributed by atoms with Crippen LogP contribution in [0.15, 0.2) is 36.3 Å². The number of nitrogens with zero attached hydrogens (tertiary/aromatic N) is 3. The van der Waals surface area contributed by atoms with Crippen LogP contribution in [0.3, 0.4) is 0 Å². The van der Waals surface area contributed by atoms with Crippen molar-refractivity contribution in [1.29, 1.82) is 0 Å². The highest BCUT2D eigenvalue weighted by Crippen LogP contribution is 2.26. The first-order valence-electron chi connectivity index (χ1n) is 9.35. The molecule has 2 aliphatic rings. The summed E-state index contributed by atoms with van der Waals surface area (Å²) in [5, 5.41) is 0. The Morgan fingerprint density at radius 1 is 1.08 bits per heavy atom. The Morgan fingerprint density at radius 2 is 1.71 bits per heavy atom. The van der Waals surface area contributed by atoms with Gasteiger partial charge in [-0.3, -0.25) is 4.90 Å². The minimum absolute atomic E-state index is 0.712. The lowest BCUT2D eigenvalue weighted by Crippen LogP contribution is -2.52. The number of allylic oxidation sites excluding steroid dienone is 2. The van der Waals surface area contributed by atoms with Crippen LogP contribution in [-0.4, -0.2) is 74.2 Å². The molecule has 0 bridgehead atoms. The average Bonchev–Trinajstić information content (AvgIpc) is 2.60. The Morgan fingerprint density at radius 3 is 2.25 bits per heavy atom. The van der Waals surface area contributed by atoms with Gasteiger partial charge in [-0.2, -0.15) is 0 Å². The fraction of sp³-hybridized carbons (Fsp3) is 0.700. The van der Waals surface area contributed by atoms with Crippen molar-refractivity contribution in [2.45, 2.75) is 38.6 Å². The monoisotopic (exact) mass is 333 g/mol. The largest absolute Gasteiger partial charge is 0.497 e. The smallest absolute Gasteiger partial charge is 0.113 e. The minimum atomic E-state index is 0.712. The Kier molecular flexibility index (Phi) is 7.38. The van der Waals surface area contributed by atoms with Crippen molar-refractivity contribution >= 4 is 0 Å². The van der Waals surface area contributed by atoms with Gasteiger partial charge < -0.3 is 14.5 Å². The van der Waals surface area contributed by atoms with Gasteiger partial charge in [0.15, 0.2) is 0 Å². The molecule has 2 fully saturated rings. The summed E-state index contributed by atoms with van der Waals surface area (Å²) in [6.07, 6.45) is 6.68. The van der Waals surface area contributed by atoms with Gasteiger partial charge in [0.2, 0.25) is 0 Å². The molecule has 2 heterocycles. The molecule has 0 atom stereocenters. The van der Waals surface area contributed by atoms with Crippen LogP contribution in [0.1, 0.15) is 32.6 Å². The van der Waals surface area contributed by atoms with E-state index in [1.54, 1.807) is 7.11 Å². The zero-order chi connectivity index (χ0) is 17.5. The number of hydrogen-bond acceptors (Lipinski definition) is 4. The molecular weight excluding hydrogens is 298 g/mol. The number of hydrogen-bond donors (Lipinski definition) is 0. The second kappa shape index (κ2) is 9.28. The summed E-state index contributed by atoms with van der Waals surface area (Å²) in [6.45, 7) is 17.5. The van der Waals surface area contributed by atoms with Crippen molar-refractivity contribution in [3.8, 4) is 0 Å². The molecular formula is C20H35N3O. The van der Waals surface area contributed by atoms with Crippen molar-refractivity contribution in [3.05, 3.63) is 36.3 Å². The molecule has 0 aliphatic carbocycles. The van der Waals surface area contributed by atoms with Gasteiger partial charge in [0.1, 0.15) is 5.76 Å². The van der Waals surface area contributed by atoms with Crippen molar-refractivity contribution in [3.63, 3.8) is 0 Å². The van der Waals surface area contributed by atoms with E-state index in [0.29, 0.717) is 5.76 Å². The summed E-state index contributed by atoms with van der Waals surface area (Å²) >= 11 is 0. The van der Waals surface area contributed by atoms with Gasteiger partial charge in [-0.25, -0.2) is 0 Å². The molecule has 0 amide bonds. The highest BCUT2D eigenvalue weighted by Gasteiger charge is 2.27. The van der Waals surface area contributed by atoms with Gasteiger partial charge >= 0.3 is 0 Å². The third-order valence-electron chi connectivity index (χ3n) is 5.33. The van der Waals surface area contributed by atoms with Gasteiger partial charge in [0, 0.05) is 57.1 Å². The molecule has 0 spiro atoms. The van der Waals surface area contributed by atoms with Crippen LogP contribution in [0.2, 0.25) is 0 Å². The van der Waals surface area contributed by atoms with Gasteiger partial charge in [0.25, 0.3) is 0 Å². The number of piperazine rings is 1. The standard InChI is InChI=1S/C20H35N3O/c1-6-7-17(2)20(16-18(3)24-5)23-10-8-19(9-11-23)22-14-12-21(4)13-15-22/h16,19H,2-3,6-15H2,1,4-5H3/b20-16+. The molecule has 4 nitrogen and oxygen atoms in total. The maximum Gasteiger partial charge on any atom is 0.113 e. The van der Waals surface area contributed by atoms with Gasteiger partial charge in [-0.15, -0.1) is 0 Å². The van der Waals surface area contributed by atoms with E-state index in [0.717, 1.165) is 32.0 Å². The fourth-order valence-electron chi connectivity index (χ4n) is 3.72. The molecule has 2 aliphatic heterocycles. The van der Waals surface area contributed by atoms with E-state index in [9.17, 15) is 0 Å². The van der Waals surface area contributed by atoms with Gasteiger partial charge in [-0.05, 0) is 31.9 Å². The normalized spacial score (nSPS) is 21.8. The van der Waals surface area contributed by atoms with E-state index in [-0.39, 0.29) is 0 Å². The van der Waals surface area contributed by atoms with Crippen LogP contribution in [0.5, 0.6) is 0 Å². The summed E-state index contributed by atoms with van der Waals surface area (Å²) < 4.78 is 5.27. The van der Waals surface area contributed by atoms with E-state index < -0.39 is 0 Å². The van der Waals surface area contributed by atoms with E-state index >= 15 is 0 Å². The number of likely N-dealkylation sites (N-methyl/N-ethyl adjacent to an activating group) is 1. The topological polar surface area (TPSA) is 19.0 Å². The molecule has 0 saturated carbocycles. The van der Waals surface area contributed by atoms with Gasteiger partial charge in [0.05, 0.1) is 7.11 Å². The molecule has 0 aromatic heterocycles. The summed E-state index contributed by atoms with van der Waals surface area (Å²) in [4.78, 5) is 7.60. The quantitative estimate of drug-likeness (QED) is 0.526. The van der Waals surface area contributed by atoms with Crippen molar-refractivity contribution in [1.82, 2.24) is 14.7 Å². The first-order chi connectivity index (χ1) is 11.5. The van der Waals surface area contributed by atoms with Crippen LogP contribution in [-0.2, 0) is 4.74 Å². The molecule has 0 aromatic carbocycles. The summed E-state index contributed by atoms with van der Waals surface area (Å²) in [6, 6.07) is 0.737. The first-order valence-corrected chi connectivity index (χ1v) is 9.35. The lowest BCUT2D eigenvalue weighted by molar-refractivity contribution is 0.0760.